The number of para-hydroxylation sites is 1. The van der Waals surface area contributed by atoms with Crippen LogP contribution >= 0.6 is 23.4 Å². The summed E-state index contributed by atoms with van der Waals surface area (Å²) in [5.41, 5.74) is 3.46. The number of nitrogens with zero attached hydrogens (tertiary/aromatic N) is 1. The number of carbonyl (C=O) groups excluding carboxylic acids is 2. The molecular weight excluding hydrogens is 492 g/mol. The molecule has 0 spiro atoms. The van der Waals surface area contributed by atoms with E-state index in [1.165, 1.54) is 11.8 Å². The van der Waals surface area contributed by atoms with Gasteiger partial charge in [0.25, 0.3) is 11.8 Å². The number of hydrogen-bond donors (Lipinski definition) is 1. The van der Waals surface area contributed by atoms with E-state index in [0.29, 0.717) is 34.1 Å². The van der Waals surface area contributed by atoms with Crippen LogP contribution in [-0.2, 0) is 13.1 Å². The lowest BCUT2D eigenvalue weighted by atomic mass is 10.1. The van der Waals surface area contributed by atoms with Gasteiger partial charge in [0, 0.05) is 32.5 Å². The maximum Gasteiger partial charge on any atom is 0.259 e. The van der Waals surface area contributed by atoms with Gasteiger partial charge in [0.05, 0.1) is 24.9 Å². The Morgan fingerprint density at radius 2 is 1.64 bits per heavy atom. The second-order valence-corrected chi connectivity index (χ2v) is 9.75. The molecule has 1 heterocycles. The number of ether oxygens (including phenoxy) is 1. The van der Waals surface area contributed by atoms with Crippen LogP contribution in [0, 0.1) is 0 Å². The summed E-state index contributed by atoms with van der Waals surface area (Å²) in [6.45, 7) is 0.606. The van der Waals surface area contributed by atoms with Crippen LogP contribution in [0.1, 0.15) is 31.8 Å². The van der Waals surface area contributed by atoms with E-state index in [1.54, 1.807) is 24.1 Å². The minimum absolute atomic E-state index is 0.136. The van der Waals surface area contributed by atoms with Gasteiger partial charge in [-0.3, -0.25) is 9.59 Å². The Morgan fingerprint density at radius 1 is 0.917 bits per heavy atom. The van der Waals surface area contributed by atoms with Crippen LogP contribution in [0.5, 0.6) is 5.75 Å². The van der Waals surface area contributed by atoms with Crippen molar-refractivity contribution < 1.29 is 14.3 Å². The van der Waals surface area contributed by atoms with Crippen LogP contribution in [0.3, 0.4) is 0 Å². The molecule has 1 aliphatic heterocycles. The number of benzene rings is 4. The first-order chi connectivity index (χ1) is 17.5. The summed E-state index contributed by atoms with van der Waals surface area (Å²) in [6, 6.07) is 28.0. The first-order valence-electron chi connectivity index (χ1n) is 11.4. The molecular formula is C29H23ClN2O3S. The number of methoxy groups -OCH3 is 1. The van der Waals surface area contributed by atoms with Crippen LogP contribution in [0.25, 0.3) is 0 Å². The molecule has 0 saturated carbocycles. The van der Waals surface area contributed by atoms with E-state index in [0.717, 1.165) is 20.9 Å². The Labute approximate surface area is 219 Å². The van der Waals surface area contributed by atoms with E-state index in [9.17, 15) is 9.59 Å². The first kappa shape index (κ1) is 24.0. The molecule has 0 fully saturated rings. The van der Waals surface area contributed by atoms with Crippen LogP contribution in [0.4, 0.5) is 5.69 Å². The summed E-state index contributed by atoms with van der Waals surface area (Å²) in [5.74, 6) is 0.342. The molecule has 36 heavy (non-hydrogen) atoms. The molecule has 180 valence electrons. The molecule has 5 nitrogen and oxygen atoms in total. The Bertz CT molecular complexity index is 1460. The molecule has 0 unspecified atom stereocenters. The van der Waals surface area contributed by atoms with Crippen molar-refractivity contribution in [1.29, 1.82) is 0 Å². The SMILES string of the molecule is COc1ccccc1CNC(=O)c1ccc2c(c1)N(Cc1ccccc1Cl)C(=O)c1ccccc1S2. The Kier molecular flexibility index (Phi) is 6.98. The number of rotatable bonds is 6. The number of nitrogens with one attached hydrogen (secondary N) is 1. The smallest absolute Gasteiger partial charge is 0.259 e. The summed E-state index contributed by atoms with van der Waals surface area (Å²) in [6.07, 6.45) is 0. The maximum absolute atomic E-state index is 13.7. The van der Waals surface area contributed by atoms with Gasteiger partial charge in [0.2, 0.25) is 0 Å². The third-order valence-electron chi connectivity index (χ3n) is 6.01. The summed E-state index contributed by atoms with van der Waals surface area (Å²) in [5, 5.41) is 3.55. The first-order valence-corrected chi connectivity index (χ1v) is 12.6. The zero-order chi connectivity index (χ0) is 25.1. The molecule has 7 heteroatoms. The average molecular weight is 515 g/mol. The summed E-state index contributed by atoms with van der Waals surface area (Å²) < 4.78 is 5.39. The highest BCUT2D eigenvalue weighted by molar-refractivity contribution is 7.99. The van der Waals surface area contributed by atoms with Crippen LogP contribution < -0.4 is 15.0 Å². The summed E-state index contributed by atoms with van der Waals surface area (Å²) in [7, 11) is 1.60. The molecule has 1 N–H and O–H groups in total. The Balaban J connectivity index is 1.49. The highest BCUT2D eigenvalue weighted by atomic mass is 35.5. The number of anilines is 1. The molecule has 0 atom stereocenters. The normalized spacial score (nSPS) is 12.4. The second-order valence-electron chi connectivity index (χ2n) is 8.26. The molecule has 0 radical (unpaired) electrons. The van der Waals surface area contributed by atoms with Crippen LogP contribution in [0.2, 0.25) is 5.02 Å². The zero-order valence-corrected chi connectivity index (χ0v) is 21.1. The van der Waals surface area contributed by atoms with E-state index in [-0.39, 0.29) is 18.4 Å². The molecule has 4 aromatic rings. The van der Waals surface area contributed by atoms with Crippen LogP contribution in [0.15, 0.2) is 101 Å². The largest absolute Gasteiger partial charge is 0.496 e. The minimum Gasteiger partial charge on any atom is -0.496 e. The third-order valence-corrected chi connectivity index (χ3v) is 7.52. The van der Waals surface area contributed by atoms with E-state index < -0.39 is 0 Å². The minimum atomic E-state index is -0.236. The van der Waals surface area contributed by atoms with E-state index in [1.807, 2.05) is 78.9 Å². The topological polar surface area (TPSA) is 58.6 Å². The molecule has 2 amide bonds. The van der Waals surface area contributed by atoms with Gasteiger partial charge >= 0.3 is 0 Å². The molecule has 0 aliphatic carbocycles. The van der Waals surface area contributed by atoms with Crippen molar-refractivity contribution in [3.63, 3.8) is 0 Å². The van der Waals surface area contributed by atoms with Crippen molar-refractivity contribution in [2.24, 2.45) is 0 Å². The lowest BCUT2D eigenvalue weighted by Crippen LogP contribution is -2.31. The standard InChI is InChI=1S/C29H23ClN2O3S/c1-35-25-12-6-3-8-20(25)17-31-28(33)19-14-15-27-24(16-19)32(18-21-9-2-5-11-23(21)30)29(34)22-10-4-7-13-26(22)36-27/h2-16H,17-18H2,1H3,(H,31,33). The van der Waals surface area contributed by atoms with Gasteiger partial charge in [-0.05, 0) is 48.0 Å². The quantitative estimate of drug-likeness (QED) is 0.315. The predicted octanol–water partition coefficient (Wildman–Crippen LogP) is 6.59. The maximum atomic E-state index is 13.7. The van der Waals surface area contributed by atoms with Gasteiger partial charge in [-0.1, -0.05) is 71.9 Å². The van der Waals surface area contributed by atoms with Gasteiger partial charge in [-0.2, -0.15) is 0 Å². The van der Waals surface area contributed by atoms with Gasteiger partial charge in [0.15, 0.2) is 0 Å². The van der Waals surface area contributed by atoms with Gasteiger partial charge < -0.3 is 15.0 Å². The molecule has 4 aromatic carbocycles. The molecule has 1 aliphatic rings. The van der Waals surface area contributed by atoms with Crippen molar-refractivity contribution in [2.75, 3.05) is 12.0 Å². The Morgan fingerprint density at radius 3 is 2.44 bits per heavy atom. The fourth-order valence-corrected chi connectivity index (χ4v) is 5.40. The van der Waals surface area contributed by atoms with Crippen molar-refractivity contribution in [1.82, 2.24) is 5.32 Å². The summed E-state index contributed by atoms with van der Waals surface area (Å²) in [4.78, 5) is 30.3. The van der Waals surface area contributed by atoms with Crippen LogP contribution in [-0.4, -0.2) is 18.9 Å². The van der Waals surface area contributed by atoms with Gasteiger partial charge in [-0.25, -0.2) is 0 Å². The van der Waals surface area contributed by atoms with Crippen molar-refractivity contribution in [3.05, 3.63) is 118 Å². The molecule has 5 rings (SSSR count). The summed E-state index contributed by atoms with van der Waals surface area (Å²) >= 11 is 7.97. The van der Waals surface area contributed by atoms with Gasteiger partial charge in [-0.15, -0.1) is 0 Å². The second kappa shape index (κ2) is 10.5. The predicted molar refractivity (Wildman–Crippen MR) is 143 cm³/mol. The number of carbonyl (C=O) groups is 2. The number of halogens is 1. The van der Waals surface area contributed by atoms with E-state index in [4.69, 9.17) is 16.3 Å². The zero-order valence-electron chi connectivity index (χ0n) is 19.5. The molecule has 0 saturated heterocycles. The fourth-order valence-electron chi connectivity index (χ4n) is 4.14. The fraction of sp³-hybridized carbons (Fsp3) is 0.103. The number of amides is 2. The number of hydrogen-bond acceptors (Lipinski definition) is 4. The van der Waals surface area contributed by atoms with Crippen molar-refractivity contribution in [2.45, 2.75) is 22.9 Å². The van der Waals surface area contributed by atoms with E-state index in [2.05, 4.69) is 5.32 Å². The van der Waals surface area contributed by atoms with E-state index >= 15 is 0 Å². The number of fused-ring (bicyclic) bond motifs is 2. The molecule has 0 bridgehead atoms. The lowest BCUT2D eigenvalue weighted by molar-refractivity contribution is 0.0947. The highest BCUT2D eigenvalue weighted by Crippen LogP contribution is 2.42. The Hall–Kier alpha value is -3.74. The van der Waals surface area contributed by atoms with Gasteiger partial charge in [0.1, 0.15) is 5.75 Å². The highest BCUT2D eigenvalue weighted by Gasteiger charge is 2.28. The monoisotopic (exact) mass is 514 g/mol. The average Bonchev–Trinajstić information content (AvgIpc) is 3.02. The van der Waals surface area contributed by atoms with Crippen molar-refractivity contribution >= 4 is 40.9 Å². The molecule has 0 aromatic heterocycles. The van der Waals surface area contributed by atoms with Crippen molar-refractivity contribution in [3.8, 4) is 5.75 Å². The lowest BCUT2D eigenvalue weighted by Gasteiger charge is -2.24. The third kappa shape index (κ3) is 4.83.